The van der Waals surface area contributed by atoms with Gasteiger partial charge < -0.3 is 15.0 Å². The van der Waals surface area contributed by atoms with Crippen molar-refractivity contribution in [3.05, 3.63) is 41.7 Å². The first-order chi connectivity index (χ1) is 10.6. The zero-order valence-electron chi connectivity index (χ0n) is 13.2. The number of hydrogen-bond acceptors (Lipinski definition) is 4. The number of rotatable bonds is 7. The van der Waals surface area contributed by atoms with Crippen LogP contribution in [0.3, 0.4) is 0 Å². The van der Waals surface area contributed by atoms with Crippen molar-refractivity contribution in [2.45, 2.75) is 6.54 Å². The number of benzene rings is 1. The fourth-order valence-corrected chi connectivity index (χ4v) is 1.95. The van der Waals surface area contributed by atoms with E-state index >= 15 is 0 Å². The second-order valence-corrected chi connectivity index (χ2v) is 5.37. The standard InChI is InChI=1S/C15H21N5O2/c1-19(2)8-7-16-15(21)14-11-20(18-17-14)10-12-5-4-6-13(9-12)22-3/h4-6,9,11H,7-8,10H2,1-3H3,(H,16,21)/p+1. The molecule has 0 unspecified atom stereocenters. The molecule has 2 aromatic rings. The summed E-state index contributed by atoms with van der Waals surface area (Å²) in [6.07, 6.45) is 1.65. The van der Waals surface area contributed by atoms with Gasteiger partial charge in [0, 0.05) is 0 Å². The highest BCUT2D eigenvalue weighted by atomic mass is 16.5. The van der Waals surface area contributed by atoms with Crippen molar-refractivity contribution in [3.8, 4) is 5.75 Å². The van der Waals surface area contributed by atoms with E-state index in [2.05, 4.69) is 15.6 Å². The Labute approximate surface area is 129 Å². The van der Waals surface area contributed by atoms with Gasteiger partial charge in [-0.05, 0) is 17.7 Å². The predicted molar refractivity (Wildman–Crippen MR) is 82.1 cm³/mol. The Bertz CT molecular complexity index is 624. The molecule has 0 aliphatic heterocycles. The first kappa shape index (κ1) is 16.0. The lowest BCUT2D eigenvalue weighted by atomic mass is 10.2. The van der Waals surface area contributed by atoms with Crippen LogP contribution in [0.15, 0.2) is 30.5 Å². The van der Waals surface area contributed by atoms with E-state index in [1.54, 1.807) is 18.0 Å². The molecular formula is C15H22N5O2+. The molecule has 0 atom stereocenters. The van der Waals surface area contributed by atoms with Gasteiger partial charge in [-0.25, -0.2) is 4.68 Å². The zero-order valence-corrected chi connectivity index (χ0v) is 13.2. The fourth-order valence-electron chi connectivity index (χ4n) is 1.95. The summed E-state index contributed by atoms with van der Waals surface area (Å²) in [7, 11) is 5.71. The molecule has 1 aromatic carbocycles. The smallest absolute Gasteiger partial charge is 0.273 e. The maximum atomic E-state index is 11.9. The van der Waals surface area contributed by atoms with Crippen molar-refractivity contribution in [1.29, 1.82) is 0 Å². The second-order valence-electron chi connectivity index (χ2n) is 5.37. The summed E-state index contributed by atoms with van der Waals surface area (Å²) >= 11 is 0. The Morgan fingerprint density at radius 3 is 2.95 bits per heavy atom. The number of hydrogen-bond donors (Lipinski definition) is 2. The average molecular weight is 304 g/mol. The van der Waals surface area contributed by atoms with Crippen molar-refractivity contribution in [1.82, 2.24) is 20.3 Å². The summed E-state index contributed by atoms with van der Waals surface area (Å²) in [5, 5.41) is 10.7. The molecule has 1 heterocycles. The number of methoxy groups -OCH3 is 1. The lowest BCUT2D eigenvalue weighted by Crippen LogP contribution is -3.06. The van der Waals surface area contributed by atoms with E-state index in [0.29, 0.717) is 18.8 Å². The normalized spacial score (nSPS) is 10.7. The van der Waals surface area contributed by atoms with Gasteiger partial charge in [-0.15, -0.1) is 5.10 Å². The molecule has 0 spiro atoms. The molecular weight excluding hydrogens is 282 g/mol. The molecule has 0 fully saturated rings. The van der Waals surface area contributed by atoms with E-state index in [1.807, 2.05) is 38.4 Å². The van der Waals surface area contributed by atoms with Crippen LogP contribution >= 0.6 is 0 Å². The van der Waals surface area contributed by atoms with Gasteiger partial charge in [0.25, 0.3) is 5.91 Å². The highest BCUT2D eigenvalue weighted by Crippen LogP contribution is 2.13. The molecule has 0 saturated carbocycles. The van der Waals surface area contributed by atoms with Gasteiger partial charge in [-0.2, -0.15) is 0 Å². The van der Waals surface area contributed by atoms with Crippen molar-refractivity contribution in [2.75, 3.05) is 34.3 Å². The minimum Gasteiger partial charge on any atom is -0.497 e. The monoisotopic (exact) mass is 304 g/mol. The number of carbonyl (C=O) groups is 1. The van der Waals surface area contributed by atoms with Crippen molar-refractivity contribution in [3.63, 3.8) is 0 Å². The zero-order chi connectivity index (χ0) is 15.9. The molecule has 0 aliphatic carbocycles. The van der Waals surface area contributed by atoms with Crippen molar-refractivity contribution < 1.29 is 14.4 Å². The third kappa shape index (κ3) is 4.56. The average Bonchev–Trinajstić information content (AvgIpc) is 2.95. The van der Waals surface area contributed by atoms with Crippen LogP contribution in [0, 0.1) is 0 Å². The molecule has 118 valence electrons. The molecule has 0 bridgehead atoms. The van der Waals surface area contributed by atoms with Crippen molar-refractivity contribution in [2.24, 2.45) is 0 Å². The summed E-state index contributed by atoms with van der Waals surface area (Å²) in [5.41, 5.74) is 1.36. The van der Waals surface area contributed by atoms with Gasteiger partial charge in [0.1, 0.15) is 5.75 Å². The largest absolute Gasteiger partial charge is 0.497 e. The van der Waals surface area contributed by atoms with Gasteiger partial charge in [-0.1, -0.05) is 17.3 Å². The van der Waals surface area contributed by atoms with Crippen LogP contribution in [0.1, 0.15) is 16.1 Å². The third-order valence-corrected chi connectivity index (χ3v) is 3.16. The van der Waals surface area contributed by atoms with Crippen LogP contribution in [0.25, 0.3) is 0 Å². The van der Waals surface area contributed by atoms with Crippen LogP contribution in [0.5, 0.6) is 5.75 Å². The van der Waals surface area contributed by atoms with Crippen LogP contribution in [-0.2, 0) is 6.54 Å². The fraction of sp³-hybridized carbons (Fsp3) is 0.400. The molecule has 0 radical (unpaired) electrons. The van der Waals surface area contributed by atoms with Gasteiger partial charge in [0.2, 0.25) is 0 Å². The molecule has 0 aliphatic rings. The highest BCUT2D eigenvalue weighted by molar-refractivity contribution is 5.91. The number of likely N-dealkylation sites (N-methyl/N-ethyl adjacent to an activating group) is 1. The van der Waals surface area contributed by atoms with Crippen LogP contribution in [0.2, 0.25) is 0 Å². The topological polar surface area (TPSA) is 73.5 Å². The second kappa shape index (κ2) is 7.56. The van der Waals surface area contributed by atoms with Crippen molar-refractivity contribution >= 4 is 5.91 Å². The van der Waals surface area contributed by atoms with E-state index in [1.165, 1.54) is 4.90 Å². The van der Waals surface area contributed by atoms with E-state index < -0.39 is 0 Å². The van der Waals surface area contributed by atoms with Crippen LogP contribution in [-0.4, -0.2) is 55.2 Å². The van der Waals surface area contributed by atoms with E-state index in [9.17, 15) is 4.79 Å². The van der Waals surface area contributed by atoms with E-state index in [4.69, 9.17) is 4.74 Å². The van der Waals surface area contributed by atoms with Gasteiger partial charge >= 0.3 is 0 Å². The summed E-state index contributed by atoms with van der Waals surface area (Å²) in [5.74, 6) is 0.597. The summed E-state index contributed by atoms with van der Waals surface area (Å²) < 4.78 is 6.83. The minimum absolute atomic E-state index is 0.196. The SMILES string of the molecule is COc1cccc(Cn2cc(C(=O)NCC[NH+](C)C)nn2)c1. The Hall–Kier alpha value is -2.41. The molecule has 7 heteroatoms. The van der Waals surface area contributed by atoms with Gasteiger partial charge in [0.05, 0.1) is 47.0 Å². The van der Waals surface area contributed by atoms with E-state index in [0.717, 1.165) is 17.9 Å². The number of ether oxygens (including phenoxy) is 1. The molecule has 22 heavy (non-hydrogen) atoms. The molecule has 1 aromatic heterocycles. The molecule has 0 saturated heterocycles. The summed E-state index contributed by atoms with van der Waals surface area (Å²) in [6.45, 7) is 2.02. The number of quaternary nitrogens is 1. The number of carbonyl (C=O) groups excluding carboxylic acids is 1. The third-order valence-electron chi connectivity index (χ3n) is 3.16. The van der Waals surface area contributed by atoms with Crippen LogP contribution in [0.4, 0.5) is 0 Å². The number of nitrogens with zero attached hydrogens (tertiary/aromatic N) is 3. The lowest BCUT2D eigenvalue weighted by Gasteiger charge is -2.07. The summed E-state index contributed by atoms with van der Waals surface area (Å²) in [4.78, 5) is 13.2. The number of aromatic nitrogens is 3. The van der Waals surface area contributed by atoms with Gasteiger partial charge in [0.15, 0.2) is 5.69 Å². The molecule has 7 nitrogen and oxygen atoms in total. The quantitative estimate of drug-likeness (QED) is 0.703. The van der Waals surface area contributed by atoms with Crippen LogP contribution < -0.4 is 15.0 Å². The van der Waals surface area contributed by atoms with Gasteiger partial charge in [-0.3, -0.25) is 4.79 Å². The lowest BCUT2D eigenvalue weighted by molar-refractivity contribution is -0.856. The first-order valence-electron chi connectivity index (χ1n) is 7.19. The molecule has 1 amide bonds. The highest BCUT2D eigenvalue weighted by Gasteiger charge is 2.11. The van der Waals surface area contributed by atoms with E-state index in [-0.39, 0.29) is 5.91 Å². The number of nitrogens with one attached hydrogen (secondary N) is 2. The Balaban J connectivity index is 1.94. The maximum absolute atomic E-state index is 11.9. The summed E-state index contributed by atoms with van der Waals surface area (Å²) in [6, 6.07) is 7.71. The molecule has 2 rings (SSSR count). The first-order valence-corrected chi connectivity index (χ1v) is 7.19. The Kier molecular flexibility index (Phi) is 5.48. The Morgan fingerprint density at radius 1 is 1.41 bits per heavy atom. The maximum Gasteiger partial charge on any atom is 0.273 e. The molecule has 2 N–H and O–H groups in total. The Morgan fingerprint density at radius 2 is 2.23 bits per heavy atom. The predicted octanol–water partition coefficient (Wildman–Crippen LogP) is -0.791. The minimum atomic E-state index is -0.196. The number of amides is 1.